The van der Waals surface area contributed by atoms with Crippen molar-refractivity contribution >= 4 is 18.5 Å². The first kappa shape index (κ1) is 22.5. The number of hydrogen-bond acceptors (Lipinski definition) is 2. The molecule has 1 aromatic carbocycles. The fraction of sp³-hybridized carbons (Fsp3) is 0.652. The summed E-state index contributed by atoms with van der Waals surface area (Å²) in [7, 11) is 0. The third kappa shape index (κ3) is 6.68. The van der Waals surface area contributed by atoms with Crippen LogP contribution in [0.4, 0.5) is 0 Å². The Morgan fingerprint density at radius 1 is 1.14 bits per heavy atom. The van der Waals surface area contributed by atoms with Crippen LogP contribution in [0, 0.1) is 11.8 Å². The van der Waals surface area contributed by atoms with Crippen LogP contribution in [0.2, 0.25) is 13.6 Å². The number of rotatable bonds is 9. The Morgan fingerprint density at radius 3 is 2.43 bits per heavy atom. The van der Waals surface area contributed by atoms with Gasteiger partial charge in [0.1, 0.15) is 6.04 Å². The van der Waals surface area contributed by atoms with Gasteiger partial charge in [-0.05, 0) is 55.1 Å². The van der Waals surface area contributed by atoms with Crippen molar-refractivity contribution in [2.75, 3.05) is 0 Å². The zero-order chi connectivity index (χ0) is 20.7. The first-order chi connectivity index (χ1) is 13.3. The number of nitrogens with one attached hydrogen (secondary N) is 2. The average Bonchev–Trinajstić information content (AvgIpc) is 2.64. The van der Waals surface area contributed by atoms with Gasteiger partial charge in [-0.15, -0.1) is 0 Å². The van der Waals surface area contributed by atoms with Gasteiger partial charge in [-0.3, -0.25) is 9.59 Å². The van der Waals surface area contributed by atoms with Gasteiger partial charge in [0.05, 0.1) is 0 Å². The van der Waals surface area contributed by atoms with Gasteiger partial charge >= 0.3 is 0 Å². The molecule has 154 valence electrons. The second-order valence-electron chi connectivity index (χ2n) is 9.10. The van der Waals surface area contributed by atoms with Crippen LogP contribution in [0.25, 0.3) is 0 Å². The first-order valence-electron chi connectivity index (χ1n) is 11.0. The van der Waals surface area contributed by atoms with E-state index >= 15 is 0 Å². The van der Waals surface area contributed by atoms with Gasteiger partial charge in [-0.2, -0.15) is 0 Å². The molecule has 2 N–H and O–H groups in total. The van der Waals surface area contributed by atoms with Crippen molar-refractivity contribution in [1.82, 2.24) is 10.6 Å². The van der Waals surface area contributed by atoms with E-state index in [0.29, 0.717) is 31.4 Å². The van der Waals surface area contributed by atoms with E-state index in [9.17, 15) is 9.59 Å². The Kier molecular flexibility index (Phi) is 8.59. The molecule has 5 heteroatoms. The number of carbonyl (C=O) groups excluding carboxylic acids is 2. The second kappa shape index (κ2) is 10.7. The van der Waals surface area contributed by atoms with Crippen LogP contribution >= 0.6 is 0 Å². The van der Waals surface area contributed by atoms with Crippen molar-refractivity contribution < 1.29 is 9.59 Å². The predicted molar refractivity (Wildman–Crippen MR) is 118 cm³/mol. The molecule has 0 aliphatic heterocycles. The van der Waals surface area contributed by atoms with Gasteiger partial charge in [0, 0.05) is 12.4 Å². The third-order valence-corrected chi connectivity index (χ3v) is 5.84. The minimum Gasteiger partial charge on any atom is -0.359 e. The van der Waals surface area contributed by atoms with E-state index in [2.05, 4.69) is 62.4 Å². The average molecular weight is 384 g/mol. The summed E-state index contributed by atoms with van der Waals surface area (Å²) >= 11 is 0. The van der Waals surface area contributed by atoms with Crippen molar-refractivity contribution in [1.29, 1.82) is 0 Å². The van der Waals surface area contributed by atoms with Crippen molar-refractivity contribution in [3.8, 4) is 0 Å². The lowest BCUT2D eigenvalue weighted by Crippen LogP contribution is -2.52. The summed E-state index contributed by atoms with van der Waals surface area (Å²) in [5.74, 6) is 0.977. The van der Waals surface area contributed by atoms with E-state index < -0.39 is 6.04 Å². The van der Waals surface area contributed by atoms with Crippen molar-refractivity contribution in [2.45, 2.75) is 84.9 Å². The quantitative estimate of drug-likeness (QED) is 0.635. The molecule has 2 rings (SSSR count). The molecule has 28 heavy (non-hydrogen) atoms. The minimum atomic E-state index is -0.447. The molecule has 3 atom stereocenters. The standard InChI is InChI=1S/C23H37BN2O2/c1-6-20(23(28)26-21(24(4)5)13-16(2)3)25-22(27)15-17-11-12-18-9-7-8-10-19(18)14-17/h7-10,16-17,20-21H,6,11-15H2,1-5H3,(H,25,27)(H,26,28). The SMILES string of the molecule is CCC(NC(=O)CC1CCc2ccccc2C1)C(=O)NC(CC(C)C)B(C)C. The molecule has 0 spiro atoms. The van der Waals surface area contributed by atoms with Gasteiger partial charge in [-0.1, -0.05) is 58.7 Å². The molecular weight excluding hydrogens is 347 g/mol. The van der Waals surface area contributed by atoms with Crippen LogP contribution in [0.3, 0.4) is 0 Å². The summed E-state index contributed by atoms with van der Waals surface area (Å²) in [4.78, 5) is 25.3. The molecule has 1 aliphatic rings. The second-order valence-corrected chi connectivity index (χ2v) is 9.10. The topological polar surface area (TPSA) is 58.2 Å². The smallest absolute Gasteiger partial charge is 0.242 e. The Bertz CT molecular complexity index is 660. The van der Waals surface area contributed by atoms with E-state index in [1.54, 1.807) is 0 Å². The Labute approximate surface area is 171 Å². The maximum Gasteiger partial charge on any atom is 0.242 e. The highest BCUT2D eigenvalue weighted by Gasteiger charge is 2.26. The highest BCUT2D eigenvalue weighted by molar-refractivity contribution is 6.57. The molecule has 0 heterocycles. The number of amides is 2. The summed E-state index contributed by atoms with van der Waals surface area (Å²) in [5, 5.41) is 6.15. The van der Waals surface area contributed by atoms with E-state index in [0.717, 1.165) is 25.7 Å². The highest BCUT2D eigenvalue weighted by Crippen LogP contribution is 2.27. The molecule has 0 aromatic heterocycles. The number of fused-ring (bicyclic) bond motifs is 1. The normalized spacial score (nSPS) is 18.1. The van der Waals surface area contributed by atoms with Crippen molar-refractivity contribution in [3.63, 3.8) is 0 Å². The maximum atomic E-state index is 12.7. The number of aryl methyl sites for hydroxylation is 1. The fourth-order valence-corrected chi connectivity index (χ4v) is 4.10. The lowest BCUT2D eigenvalue weighted by Gasteiger charge is -2.27. The zero-order valence-corrected chi connectivity index (χ0v) is 18.3. The van der Waals surface area contributed by atoms with Crippen LogP contribution < -0.4 is 10.6 Å². The largest absolute Gasteiger partial charge is 0.359 e. The summed E-state index contributed by atoms with van der Waals surface area (Å²) in [6.07, 6.45) is 5.09. The zero-order valence-electron chi connectivity index (χ0n) is 18.3. The van der Waals surface area contributed by atoms with Gasteiger partial charge in [0.15, 0.2) is 6.71 Å². The van der Waals surface area contributed by atoms with Gasteiger partial charge in [0.2, 0.25) is 11.8 Å². The van der Waals surface area contributed by atoms with E-state index in [1.807, 2.05) is 6.92 Å². The van der Waals surface area contributed by atoms with Crippen LogP contribution in [-0.4, -0.2) is 30.5 Å². The molecule has 0 bridgehead atoms. The summed E-state index contributed by atoms with van der Waals surface area (Å²) in [6, 6.07) is 8.06. The molecule has 4 nitrogen and oxygen atoms in total. The molecule has 2 amide bonds. The first-order valence-corrected chi connectivity index (χ1v) is 11.0. The van der Waals surface area contributed by atoms with E-state index in [4.69, 9.17) is 0 Å². The van der Waals surface area contributed by atoms with Crippen LogP contribution in [0.1, 0.15) is 57.6 Å². The number of carbonyl (C=O) groups is 2. The number of hydrogen-bond donors (Lipinski definition) is 2. The monoisotopic (exact) mass is 384 g/mol. The molecule has 3 unspecified atom stereocenters. The predicted octanol–water partition coefficient (Wildman–Crippen LogP) is 3.90. The van der Waals surface area contributed by atoms with Crippen LogP contribution in [0.15, 0.2) is 24.3 Å². The van der Waals surface area contributed by atoms with Crippen LogP contribution in [-0.2, 0) is 22.4 Å². The molecule has 0 saturated heterocycles. The maximum absolute atomic E-state index is 12.7. The third-order valence-electron chi connectivity index (χ3n) is 5.84. The Morgan fingerprint density at radius 2 is 1.82 bits per heavy atom. The fourth-order valence-electron chi connectivity index (χ4n) is 4.10. The van der Waals surface area contributed by atoms with E-state index in [-0.39, 0.29) is 17.8 Å². The Hall–Kier alpha value is -1.78. The van der Waals surface area contributed by atoms with Crippen LogP contribution in [0.5, 0.6) is 0 Å². The van der Waals surface area contributed by atoms with E-state index in [1.165, 1.54) is 11.1 Å². The van der Waals surface area contributed by atoms with Crippen molar-refractivity contribution in [2.24, 2.45) is 11.8 Å². The van der Waals surface area contributed by atoms with Gasteiger partial charge in [-0.25, -0.2) is 0 Å². The highest BCUT2D eigenvalue weighted by atomic mass is 16.2. The lowest BCUT2D eigenvalue weighted by molar-refractivity contribution is -0.129. The summed E-state index contributed by atoms with van der Waals surface area (Å²) in [6.45, 7) is 10.9. The van der Waals surface area contributed by atoms with Crippen molar-refractivity contribution in [3.05, 3.63) is 35.4 Å². The molecule has 0 saturated carbocycles. The number of benzene rings is 1. The molecule has 1 aliphatic carbocycles. The molecule has 0 fully saturated rings. The summed E-state index contributed by atoms with van der Waals surface area (Å²) in [5.41, 5.74) is 2.78. The lowest BCUT2D eigenvalue weighted by atomic mass is 9.47. The molecular formula is C23H37BN2O2. The van der Waals surface area contributed by atoms with Gasteiger partial charge < -0.3 is 10.6 Å². The Balaban J connectivity index is 1.87. The van der Waals surface area contributed by atoms with Gasteiger partial charge in [0.25, 0.3) is 0 Å². The molecule has 0 radical (unpaired) electrons. The minimum absolute atomic E-state index is 0.00339. The molecule has 1 aromatic rings. The summed E-state index contributed by atoms with van der Waals surface area (Å²) < 4.78 is 0.